The molecule has 1 aromatic carbocycles. The van der Waals surface area contributed by atoms with E-state index in [1.807, 2.05) is 0 Å². The molecule has 0 spiro atoms. The molecule has 136 valence electrons. The van der Waals surface area contributed by atoms with Gasteiger partial charge in [-0.1, -0.05) is 6.07 Å². The maximum Gasteiger partial charge on any atom is 0.257 e. The van der Waals surface area contributed by atoms with E-state index in [1.54, 1.807) is 13.0 Å². The number of aromatic hydroxyl groups is 2. The first-order valence-electron chi connectivity index (χ1n) is 8.75. The summed E-state index contributed by atoms with van der Waals surface area (Å²) < 4.78 is 1.46. The molecule has 1 atom stereocenters. The van der Waals surface area contributed by atoms with Gasteiger partial charge in [-0.05, 0) is 38.3 Å². The molecule has 3 N–H and O–H groups in total. The van der Waals surface area contributed by atoms with E-state index in [0.717, 1.165) is 25.9 Å². The van der Waals surface area contributed by atoms with E-state index >= 15 is 0 Å². The summed E-state index contributed by atoms with van der Waals surface area (Å²) in [5, 5.41) is 22.7. The molecule has 0 bridgehead atoms. The predicted octanol–water partition coefficient (Wildman–Crippen LogP) is 1.78. The van der Waals surface area contributed by atoms with Gasteiger partial charge in [0.2, 0.25) is 11.9 Å². The average molecular weight is 355 g/mol. The number of aromatic nitrogens is 2. The summed E-state index contributed by atoms with van der Waals surface area (Å²) in [7, 11) is 0. The van der Waals surface area contributed by atoms with Gasteiger partial charge in [0.15, 0.2) is 17.7 Å². The zero-order valence-corrected chi connectivity index (χ0v) is 14.5. The molecule has 4 rings (SSSR count). The number of nitrogens with one attached hydrogen (secondary N) is 1. The number of fused-ring (bicyclic) bond motifs is 1. The van der Waals surface area contributed by atoms with Crippen LogP contribution in [0.1, 0.15) is 36.7 Å². The predicted molar refractivity (Wildman–Crippen MR) is 97.6 cm³/mol. The van der Waals surface area contributed by atoms with Gasteiger partial charge in [-0.3, -0.25) is 14.7 Å². The fraction of sp³-hybridized carbons (Fsp3) is 0.389. The van der Waals surface area contributed by atoms with Crippen LogP contribution < -0.4 is 10.9 Å². The number of nitrogens with zero attached hydrogens (tertiary/aromatic N) is 4. The van der Waals surface area contributed by atoms with Crippen LogP contribution in [0.15, 0.2) is 34.1 Å². The second-order valence-corrected chi connectivity index (χ2v) is 6.68. The van der Waals surface area contributed by atoms with Gasteiger partial charge in [-0.2, -0.15) is 0 Å². The number of benzene rings is 1. The second kappa shape index (κ2) is 6.36. The first-order valence-corrected chi connectivity index (χ1v) is 8.75. The van der Waals surface area contributed by atoms with Crippen molar-refractivity contribution in [1.82, 2.24) is 14.5 Å². The van der Waals surface area contributed by atoms with Gasteiger partial charge in [0.1, 0.15) is 0 Å². The van der Waals surface area contributed by atoms with Gasteiger partial charge >= 0.3 is 0 Å². The molecule has 0 radical (unpaired) electrons. The molecule has 2 aliphatic heterocycles. The lowest BCUT2D eigenvalue weighted by molar-refractivity contribution is 0.335. The average Bonchev–Trinajstić information content (AvgIpc) is 2.63. The molecule has 1 fully saturated rings. The number of guanidine groups is 1. The number of phenols is 2. The summed E-state index contributed by atoms with van der Waals surface area (Å²) in [6.07, 6.45) is 2.74. The van der Waals surface area contributed by atoms with Gasteiger partial charge in [-0.15, -0.1) is 0 Å². The molecular formula is C18H21N5O3. The maximum atomic E-state index is 12.6. The molecule has 8 heteroatoms. The third kappa shape index (κ3) is 2.87. The molecule has 26 heavy (non-hydrogen) atoms. The summed E-state index contributed by atoms with van der Waals surface area (Å²) in [6.45, 7) is 3.57. The Kier molecular flexibility index (Phi) is 4.02. The van der Waals surface area contributed by atoms with Crippen molar-refractivity contribution < 1.29 is 10.2 Å². The Morgan fingerprint density at radius 1 is 1.12 bits per heavy atom. The van der Waals surface area contributed by atoms with Crippen LogP contribution in [0.2, 0.25) is 0 Å². The van der Waals surface area contributed by atoms with Crippen molar-refractivity contribution in [2.24, 2.45) is 4.99 Å². The van der Waals surface area contributed by atoms with Gasteiger partial charge in [0, 0.05) is 30.4 Å². The zero-order chi connectivity index (χ0) is 18.3. The molecule has 2 aromatic rings. The van der Waals surface area contributed by atoms with Crippen molar-refractivity contribution in [1.29, 1.82) is 0 Å². The van der Waals surface area contributed by atoms with Crippen LogP contribution in [0.25, 0.3) is 0 Å². The number of hydrogen-bond acceptors (Lipinski definition) is 7. The number of likely N-dealkylation sites (tertiary alicyclic amines) is 1. The Morgan fingerprint density at radius 2 is 1.88 bits per heavy atom. The molecular weight excluding hydrogens is 334 g/mol. The Balaban J connectivity index is 1.84. The van der Waals surface area contributed by atoms with Gasteiger partial charge < -0.3 is 15.1 Å². The first-order chi connectivity index (χ1) is 12.5. The summed E-state index contributed by atoms with van der Waals surface area (Å²) in [4.78, 5) is 24.0. The van der Waals surface area contributed by atoms with E-state index in [4.69, 9.17) is 4.99 Å². The standard InChI is InChI=1S/C18H21N5O3/c1-11-9-15(26)23-16(12-5-6-13(24)14(25)10-12)20-17(21-18(23)19-11)22-7-3-2-4-8-22/h5-6,9-10,16,24-25H,2-4,7-8H2,1H3,(H,19,20,21)/t16-/m1/s1. The quantitative estimate of drug-likeness (QED) is 0.674. The summed E-state index contributed by atoms with van der Waals surface area (Å²) in [5.74, 6) is 0.658. The minimum atomic E-state index is -0.657. The first kappa shape index (κ1) is 16.4. The molecule has 1 aromatic heterocycles. The zero-order valence-electron chi connectivity index (χ0n) is 14.5. The highest BCUT2D eigenvalue weighted by Gasteiger charge is 2.28. The lowest BCUT2D eigenvalue weighted by Crippen LogP contribution is -2.45. The molecule has 0 aliphatic carbocycles. The fourth-order valence-corrected chi connectivity index (χ4v) is 3.43. The topological polar surface area (TPSA) is 103 Å². The number of rotatable bonds is 1. The number of aryl methyl sites for hydroxylation is 1. The minimum absolute atomic E-state index is 0.211. The molecule has 0 saturated carbocycles. The molecule has 0 unspecified atom stereocenters. The van der Waals surface area contributed by atoms with Crippen LogP contribution in [0, 0.1) is 6.92 Å². The number of hydrogen-bond donors (Lipinski definition) is 3. The normalized spacial score (nSPS) is 19.5. The van der Waals surface area contributed by atoms with Crippen LogP contribution in [-0.2, 0) is 0 Å². The molecule has 2 aliphatic rings. The van der Waals surface area contributed by atoms with Gasteiger partial charge in [-0.25, -0.2) is 9.98 Å². The van der Waals surface area contributed by atoms with Gasteiger partial charge in [0.25, 0.3) is 5.56 Å². The smallest absolute Gasteiger partial charge is 0.257 e. The van der Waals surface area contributed by atoms with Crippen LogP contribution in [-0.4, -0.2) is 43.7 Å². The maximum absolute atomic E-state index is 12.6. The molecule has 1 saturated heterocycles. The van der Waals surface area contributed by atoms with Crippen molar-refractivity contribution in [2.45, 2.75) is 32.4 Å². The van der Waals surface area contributed by atoms with E-state index in [0.29, 0.717) is 23.2 Å². The molecule has 3 heterocycles. The number of aliphatic imine (C=N–C) groups is 1. The Bertz CT molecular complexity index is 931. The number of phenolic OH excluding ortho intramolecular Hbond substituents is 2. The lowest BCUT2D eigenvalue weighted by Gasteiger charge is -2.34. The van der Waals surface area contributed by atoms with E-state index in [9.17, 15) is 15.0 Å². The van der Waals surface area contributed by atoms with Crippen molar-refractivity contribution in [3.63, 3.8) is 0 Å². The van der Waals surface area contributed by atoms with Crippen molar-refractivity contribution in [3.8, 4) is 11.5 Å². The summed E-state index contributed by atoms with van der Waals surface area (Å²) >= 11 is 0. The monoisotopic (exact) mass is 355 g/mol. The van der Waals surface area contributed by atoms with Crippen molar-refractivity contribution >= 4 is 11.9 Å². The highest BCUT2D eigenvalue weighted by Crippen LogP contribution is 2.32. The third-order valence-electron chi connectivity index (χ3n) is 4.75. The largest absolute Gasteiger partial charge is 0.504 e. The van der Waals surface area contributed by atoms with E-state index in [2.05, 4.69) is 15.2 Å². The highest BCUT2D eigenvalue weighted by atomic mass is 16.3. The number of piperidine rings is 1. The van der Waals surface area contributed by atoms with Crippen LogP contribution in [0.5, 0.6) is 11.5 Å². The van der Waals surface area contributed by atoms with Gasteiger partial charge in [0.05, 0.1) is 0 Å². The summed E-state index contributed by atoms with van der Waals surface area (Å²) in [5.41, 5.74) is 1.00. The van der Waals surface area contributed by atoms with E-state index in [1.165, 1.54) is 29.2 Å². The lowest BCUT2D eigenvalue weighted by atomic mass is 10.1. The third-order valence-corrected chi connectivity index (χ3v) is 4.75. The SMILES string of the molecule is Cc1cc(=O)n2c(n1)NC(N1CCCCC1)=N[C@H]2c1ccc(O)c(O)c1. The fourth-order valence-electron chi connectivity index (χ4n) is 3.43. The van der Waals surface area contributed by atoms with Crippen LogP contribution >= 0.6 is 0 Å². The highest BCUT2D eigenvalue weighted by molar-refractivity contribution is 5.93. The molecule has 8 nitrogen and oxygen atoms in total. The second-order valence-electron chi connectivity index (χ2n) is 6.68. The summed E-state index contributed by atoms with van der Waals surface area (Å²) in [6, 6.07) is 5.94. The Morgan fingerprint density at radius 3 is 2.62 bits per heavy atom. The van der Waals surface area contributed by atoms with Crippen molar-refractivity contribution in [2.75, 3.05) is 18.4 Å². The van der Waals surface area contributed by atoms with Crippen LogP contribution in [0.4, 0.5) is 5.95 Å². The van der Waals surface area contributed by atoms with E-state index < -0.39 is 6.17 Å². The Hall–Kier alpha value is -3.03. The van der Waals surface area contributed by atoms with E-state index in [-0.39, 0.29) is 17.1 Å². The number of anilines is 1. The Labute approximate surface area is 150 Å². The van der Waals surface area contributed by atoms with Crippen molar-refractivity contribution in [3.05, 3.63) is 45.9 Å². The minimum Gasteiger partial charge on any atom is -0.504 e. The van der Waals surface area contributed by atoms with Crippen LogP contribution in [0.3, 0.4) is 0 Å². The molecule has 0 amide bonds.